The molecule has 0 saturated carbocycles. The van der Waals surface area contributed by atoms with Crippen LogP contribution in [0.15, 0.2) is 0 Å². The van der Waals surface area contributed by atoms with Gasteiger partial charge in [0.2, 0.25) is 0 Å². The molecule has 1 heterocycles. The van der Waals surface area contributed by atoms with E-state index in [0.717, 1.165) is 29.8 Å². The average molecular weight is 220 g/mol. The molecule has 12 heavy (non-hydrogen) atoms. The third-order valence-electron chi connectivity index (χ3n) is 1.97. The quantitative estimate of drug-likeness (QED) is 0.481. The van der Waals surface area contributed by atoms with Crippen molar-refractivity contribution in [3.8, 4) is 0 Å². The second-order valence-corrected chi connectivity index (χ2v) is 9.99. The van der Waals surface area contributed by atoms with Gasteiger partial charge in [-0.25, -0.2) is 8.42 Å². The van der Waals surface area contributed by atoms with Crippen molar-refractivity contribution in [3.63, 3.8) is 0 Å². The van der Waals surface area contributed by atoms with E-state index in [1.165, 1.54) is 0 Å². The van der Waals surface area contributed by atoms with Crippen LogP contribution in [0.3, 0.4) is 0 Å². The van der Waals surface area contributed by atoms with Gasteiger partial charge < -0.3 is 10.0 Å². The number of rotatable bonds is 1. The molecule has 1 aliphatic heterocycles. The van der Waals surface area contributed by atoms with Gasteiger partial charge in [-0.2, -0.15) is 0 Å². The van der Waals surface area contributed by atoms with E-state index < -0.39 is 21.5 Å². The summed E-state index contributed by atoms with van der Waals surface area (Å²) in [4.78, 5) is 0. The van der Waals surface area contributed by atoms with Gasteiger partial charge in [0.15, 0.2) is 8.48 Å². The molecule has 1 aliphatic rings. The van der Waals surface area contributed by atoms with Gasteiger partial charge in [-0.1, -0.05) is 29.8 Å². The van der Waals surface area contributed by atoms with Gasteiger partial charge in [-0.15, -0.1) is 0 Å². The Kier molecular flexibility index (Phi) is 8.98. The summed E-state index contributed by atoms with van der Waals surface area (Å²) in [6.45, 7) is 0. The van der Waals surface area contributed by atoms with E-state index in [0.29, 0.717) is 0 Å². The van der Waals surface area contributed by atoms with Crippen LogP contribution in [0.4, 0.5) is 0 Å². The van der Waals surface area contributed by atoms with Crippen LogP contribution in [0.5, 0.6) is 0 Å². The van der Waals surface area contributed by atoms with Gasteiger partial charge in [-0.05, 0) is 0 Å². The van der Waals surface area contributed by atoms with Crippen LogP contribution in [0, 0.1) is 0 Å². The monoisotopic (exact) mass is 220 g/mol. The van der Waals surface area contributed by atoms with E-state index in [4.69, 9.17) is 4.55 Å². The molecule has 3 N–H and O–H groups in total. The molecule has 0 bridgehead atoms. The SMILES string of the molecule is O.O=[S](=O)(O)[Al]1[CH2]CCC[CH2]1.[NaH]. The molecule has 7 heteroatoms. The van der Waals surface area contributed by atoms with Crippen LogP contribution in [-0.2, 0) is 8.48 Å². The minimum atomic E-state index is -3.59. The van der Waals surface area contributed by atoms with Gasteiger partial charge in [0.1, 0.15) is 0 Å². The van der Waals surface area contributed by atoms with Crippen molar-refractivity contribution in [1.29, 1.82) is 0 Å². The maximum atomic E-state index is 10.6. The van der Waals surface area contributed by atoms with Crippen molar-refractivity contribution in [3.05, 3.63) is 0 Å². The molecule has 0 aromatic rings. The van der Waals surface area contributed by atoms with Crippen molar-refractivity contribution < 1.29 is 18.4 Å². The Hall–Kier alpha value is 1.40. The van der Waals surface area contributed by atoms with Gasteiger partial charge in [0, 0.05) is 0 Å². The summed E-state index contributed by atoms with van der Waals surface area (Å²) in [6.07, 6.45) is 3.13. The first-order valence-electron chi connectivity index (χ1n) is 3.57. The Morgan fingerprint density at radius 3 is 1.75 bits per heavy atom. The summed E-state index contributed by atoms with van der Waals surface area (Å²) in [6, 6.07) is 0. The molecule has 0 aromatic heterocycles. The molecular formula is C5H14AlNaO4S. The van der Waals surface area contributed by atoms with Gasteiger partial charge in [0.05, 0.1) is 0 Å². The third-order valence-corrected chi connectivity index (χ3v) is 8.86. The summed E-state index contributed by atoms with van der Waals surface area (Å²) >= 11 is -1.79. The minimum absolute atomic E-state index is 0. The van der Waals surface area contributed by atoms with Crippen LogP contribution < -0.4 is 0 Å². The summed E-state index contributed by atoms with van der Waals surface area (Å²) in [5.74, 6) is 0. The van der Waals surface area contributed by atoms with E-state index in [-0.39, 0.29) is 35.0 Å². The number of hydrogen-bond donors (Lipinski definition) is 1. The van der Waals surface area contributed by atoms with Crippen molar-refractivity contribution >= 4 is 51.1 Å². The maximum absolute atomic E-state index is 10.6. The van der Waals surface area contributed by atoms with Crippen LogP contribution in [0.25, 0.3) is 0 Å². The van der Waals surface area contributed by atoms with Crippen LogP contribution >= 0.6 is 0 Å². The fourth-order valence-corrected chi connectivity index (χ4v) is 6.52. The van der Waals surface area contributed by atoms with Crippen molar-refractivity contribution in [2.75, 3.05) is 0 Å². The Labute approximate surface area is 98.5 Å². The molecule has 1 fully saturated rings. The van der Waals surface area contributed by atoms with Gasteiger partial charge in [0.25, 0.3) is 0 Å². The zero-order valence-corrected chi connectivity index (χ0v) is 8.26. The predicted molar refractivity (Wildman–Crippen MR) is 51.5 cm³/mol. The summed E-state index contributed by atoms with van der Waals surface area (Å²) in [5.41, 5.74) is 0. The molecule has 1 saturated heterocycles. The first-order valence-corrected chi connectivity index (χ1v) is 8.12. The van der Waals surface area contributed by atoms with Crippen molar-refractivity contribution in [1.82, 2.24) is 0 Å². The summed E-state index contributed by atoms with van der Waals surface area (Å²) in [5, 5.41) is 1.55. The summed E-state index contributed by atoms with van der Waals surface area (Å²) < 4.78 is 29.9. The van der Waals surface area contributed by atoms with E-state index >= 15 is 0 Å². The number of hydrogen-bond acceptors (Lipinski definition) is 2. The topological polar surface area (TPSA) is 85.9 Å². The fraction of sp³-hybridized carbons (Fsp3) is 1.00. The molecule has 68 valence electrons. The van der Waals surface area contributed by atoms with Gasteiger partial charge in [-0.3, -0.25) is 0 Å². The average Bonchev–Trinajstić information content (AvgIpc) is 1.88. The zero-order chi connectivity index (χ0) is 7.61. The van der Waals surface area contributed by atoms with E-state index in [9.17, 15) is 8.42 Å². The molecule has 1 rings (SSSR count). The van der Waals surface area contributed by atoms with Crippen molar-refractivity contribution in [2.45, 2.75) is 29.8 Å². The van der Waals surface area contributed by atoms with Gasteiger partial charge >= 0.3 is 42.6 Å². The Bertz CT molecular complexity index is 199. The molecule has 0 aromatic carbocycles. The van der Waals surface area contributed by atoms with Crippen LogP contribution in [0.2, 0.25) is 10.6 Å². The molecule has 4 nitrogen and oxygen atoms in total. The molecule has 0 unspecified atom stereocenters. The molecule has 0 aliphatic carbocycles. The molecule has 0 radical (unpaired) electrons. The Morgan fingerprint density at radius 1 is 1.08 bits per heavy atom. The normalized spacial score (nSPS) is 17.6. The zero-order valence-electron chi connectivity index (χ0n) is 6.28. The Balaban J connectivity index is 0. The van der Waals surface area contributed by atoms with Crippen molar-refractivity contribution in [2.24, 2.45) is 0 Å². The second kappa shape index (κ2) is 6.80. The molecule has 0 atom stereocenters. The van der Waals surface area contributed by atoms with Crippen LogP contribution in [0.1, 0.15) is 19.3 Å². The molecule has 0 amide bonds. The van der Waals surface area contributed by atoms with E-state index in [1.54, 1.807) is 0 Å². The predicted octanol–water partition coefficient (Wildman–Crippen LogP) is -0.424. The standard InChI is InChI=1S/C5H10.Al.Na.HO3S.H2O.H/c1-3-5-4-2;;;1-4(2)3;;/h1-5H2;;;(H,1,2,3);1H2;. The Morgan fingerprint density at radius 2 is 1.50 bits per heavy atom. The third kappa shape index (κ3) is 5.20. The molecular weight excluding hydrogens is 206 g/mol. The fourth-order valence-electron chi connectivity index (χ4n) is 1.36. The second-order valence-electron chi connectivity index (χ2n) is 2.77. The van der Waals surface area contributed by atoms with Crippen LogP contribution in [-0.4, -0.2) is 61.0 Å². The summed E-state index contributed by atoms with van der Waals surface area (Å²) in [7, 11) is -3.59. The van der Waals surface area contributed by atoms with E-state index in [1.807, 2.05) is 0 Å². The first-order chi connectivity index (χ1) is 4.61. The van der Waals surface area contributed by atoms with E-state index in [2.05, 4.69) is 0 Å². The first kappa shape index (κ1) is 15.9. The molecule has 0 spiro atoms.